The summed E-state index contributed by atoms with van der Waals surface area (Å²) in [5.41, 5.74) is -0.319. The van der Waals surface area contributed by atoms with E-state index in [1.54, 1.807) is 23.3 Å². The average molecular weight is 304 g/mol. The smallest absolute Gasteiger partial charge is 0.271 e. The van der Waals surface area contributed by atoms with Gasteiger partial charge >= 0.3 is 0 Å². The van der Waals surface area contributed by atoms with E-state index in [1.165, 1.54) is 6.07 Å². The van der Waals surface area contributed by atoms with Crippen LogP contribution >= 0.6 is 11.6 Å². The van der Waals surface area contributed by atoms with Gasteiger partial charge in [-0.25, -0.2) is 0 Å². The molecule has 1 radical (unpaired) electrons. The quantitative estimate of drug-likeness (QED) is 0.921. The number of aromatic amines is 1. The number of amides is 1. The largest absolute Gasteiger partial charge is 0.350 e. The van der Waals surface area contributed by atoms with Gasteiger partial charge in [-0.2, -0.15) is 0 Å². The van der Waals surface area contributed by atoms with Gasteiger partial charge in [0.15, 0.2) is 0 Å². The minimum Gasteiger partial charge on any atom is -0.350 e. The molecule has 3 rings (SSSR count). The number of H-pyrrole nitrogens is 1. The van der Waals surface area contributed by atoms with Crippen LogP contribution in [0.5, 0.6) is 0 Å². The van der Waals surface area contributed by atoms with Crippen molar-refractivity contribution in [2.75, 3.05) is 13.1 Å². The number of nitrogens with zero attached hydrogens (tertiary/aromatic N) is 1. The maximum absolute atomic E-state index is 12.5. The molecule has 1 saturated heterocycles. The van der Waals surface area contributed by atoms with Crippen molar-refractivity contribution in [3.05, 3.63) is 44.7 Å². The average Bonchev–Trinajstić information content (AvgIpc) is 3.00. The van der Waals surface area contributed by atoms with Crippen LogP contribution in [0.2, 0.25) is 5.02 Å². The van der Waals surface area contributed by atoms with E-state index in [4.69, 9.17) is 11.6 Å². The van der Waals surface area contributed by atoms with E-state index >= 15 is 0 Å². The van der Waals surface area contributed by atoms with E-state index < -0.39 is 5.43 Å². The normalized spacial score (nSPS) is 14.6. The number of nitrogens with one attached hydrogen (secondary N) is 1. The lowest BCUT2D eigenvalue weighted by molar-refractivity contribution is 0.0787. The van der Waals surface area contributed by atoms with Crippen molar-refractivity contribution in [1.82, 2.24) is 9.88 Å². The Morgan fingerprint density at radius 3 is 2.67 bits per heavy atom. The molecule has 1 aromatic heterocycles. The van der Waals surface area contributed by atoms with Crippen LogP contribution in [-0.2, 0) is 4.79 Å². The molecule has 0 spiro atoms. The topological polar surface area (TPSA) is 70.2 Å². The Balaban J connectivity index is 2.23. The third-order valence-corrected chi connectivity index (χ3v) is 3.91. The number of halogens is 1. The lowest BCUT2D eigenvalue weighted by Gasteiger charge is -2.16. The van der Waals surface area contributed by atoms with E-state index in [2.05, 4.69) is 4.98 Å². The molecule has 2 heterocycles. The van der Waals surface area contributed by atoms with E-state index in [0.29, 0.717) is 29.0 Å². The van der Waals surface area contributed by atoms with Crippen LogP contribution in [-0.4, -0.2) is 35.2 Å². The summed E-state index contributed by atoms with van der Waals surface area (Å²) in [6.07, 6.45) is 3.45. The highest BCUT2D eigenvalue weighted by molar-refractivity contribution is 6.31. The predicted molar refractivity (Wildman–Crippen MR) is 79.5 cm³/mol. The predicted octanol–water partition coefficient (Wildman–Crippen LogP) is 1.88. The molecule has 0 atom stereocenters. The number of carbonyl (C=O) groups excluding carboxylic acids is 2. The van der Waals surface area contributed by atoms with Gasteiger partial charge in [0.1, 0.15) is 11.3 Å². The van der Waals surface area contributed by atoms with E-state index in [9.17, 15) is 14.4 Å². The van der Waals surface area contributed by atoms with Crippen LogP contribution in [0.1, 0.15) is 28.9 Å². The number of likely N-dealkylation sites (tertiary alicyclic amines) is 1. The van der Waals surface area contributed by atoms with Crippen LogP contribution in [0.25, 0.3) is 10.9 Å². The first kappa shape index (κ1) is 13.8. The Kier molecular flexibility index (Phi) is 3.51. The first-order valence-electron chi connectivity index (χ1n) is 6.65. The van der Waals surface area contributed by atoms with Crippen molar-refractivity contribution in [3.63, 3.8) is 0 Å². The first-order valence-corrected chi connectivity index (χ1v) is 7.02. The molecule has 2 aromatic rings. The molecule has 1 aliphatic rings. The molecule has 5 nitrogen and oxygen atoms in total. The summed E-state index contributed by atoms with van der Waals surface area (Å²) < 4.78 is 0. The highest BCUT2D eigenvalue weighted by atomic mass is 35.5. The molecule has 1 fully saturated rings. The van der Waals surface area contributed by atoms with Gasteiger partial charge < -0.3 is 9.88 Å². The van der Waals surface area contributed by atoms with Gasteiger partial charge in [0.05, 0.1) is 5.52 Å². The molecule has 1 aromatic carbocycles. The summed E-state index contributed by atoms with van der Waals surface area (Å²) in [6, 6.07) is 4.66. The Morgan fingerprint density at radius 1 is 1.29 bits per heavy atom. The van der Waals surface area contributed by atoms with Crippen molar-refractivity contribution in [2.45, 2.75) is 12.8 Å². The molecule has 6 heteroatoms. The van der Waals surface area contributed by atoms with Gasteiger partial charge in [-0.1, -0.05) is 11.6 Å². The first-order chi connectivity index (χ1) is 10.1. The summed E-state index contributed by atoms with van der Waals surface area (Å²) in [6.45, 7) is 1.26. The second-order valence-electron chi connectivity index (χ2n) is 5.00. The van der Waals surface area contributed by atoms with Crippen molar-refractivity contribution in [3.8, 4) is 0 Å². The van der Waals surface area contributed by atoms with Gasteiger partial charge in [-0.05, 0) is 31.0 Å². The fourth-order valence-electron chi connectivity index (χ4n) is 2.60. The molecule has 0 saturated carbocycles. The standard InChI is InChI=1S/C15H12ClN2O3/c16-9-3-4-10-12(7-9)17-13(11(8-19)14(10)20)15(21)18-5-1-2-6-18/h3-4,7H,1-2,5-6H2,(H,17,20). The number of pyridine rings is 1. The molecule has 1 aliphatic heterocycles. The van der Waals surface area contributed by atoms with Crippen LogP contribution in [0.4, 0.5) is 0 Å². The molecule has 1 N–H and O–H groups in total. The number of rotatable bonds is 2. The van der Waals surface area contributed by atoms with Gasteiger partial charge in [0, 0.05) is 23.5 Å². The minimum atomic E-state index is -0.502. The Hall–Kier alpha value is -2.14. The zero-order chi connectivity index (χ0) is 15.0. The third-order valence-electron chi connectivity index (χ3n) is 3.67. The minimum absolute atomic E-state index is 0.00772. The zero-order valence-corrected chi connectivity index (χ0v) is 11.9. The number of aromatic nitrogens is 1. The highest BCUT2D eigenvalue weighted by Crippen LogP contribution is 2.18. The van der Waals surface area contributed by atoms with Crippen LogP contribution in [0.15, 0.2) is 23.0 Å². The van der Waals surface area contributed by atoms with Gasteiger partial charge in [0.2, 0.25) is 11.7 Å². The summed E-state index contributed by atoms with van der Waals surface area (Å²) in [4.78, 5) is 40.4. The monoisotopic (exact) mass is 303 g/mol. The lowest BCUT2D eigenvalue weighted by Crippen LogP contribution is -2.31. The number of carbonyl (C=O) groups is 1. The molecule has 0 bridgehead atoms. The van der Waals surface area contributed by atoms with Crippen molar-refractivity contribution in [1.29, 1.82) is 0 Å². The third kappa shape index (κ3) is 2.34. The van der Waals surface area contributed by atoms with Crippen molar-refractivity contribution < 1.29 is 9.59 Å². The lowest BCUT2D eigenvalue weighted by atomic mass is 10.1. The molecule has 0 unspecified atom stereocenters. The number of hydrogen-bond acceptors (Lipinski definition) is 3. The fraction of sp³-hybridized carbons (Fsp3) is 0.267. The molecular formula is C15H12ClN2O3. The maximum atomic E-state index is 12.5. The molecule has 0 aliphatic carbocycles. The molecule has 107 valence electrons. The van der Waals surface area contributed by atoms with Crippen LogP contribution < -0.4 is 5.43 Å². The van der Waals surface area contributed by atoms with E-state index in [1.807, 2.05) is 0 Å². The van der Waals surface area contributed by atoms with Crippen LogP contribution in [0.3, 0.4) is 0 Å². The van der Waals surface area contributed by atoms with Crippen molar-refractivity contribution >= 4 is 34.7 Å². The summed E-state index contributed by atoms with van der Waals surface area (Å²) in [7, 11) is 0. The van der Waals surface area contributed by atoms with E-state index in [0.717, 1.165) is 12.8 Å². The summed E-state index contributed by atoms with van der Waals surface area (Å²) in [5, 5.41) is 0.760. The highest BCUT2D eigenvalue weighted by Gasteiger charge is 2.25. The molecular weight excluding hydrogens is 292 g/mol. The zero-order valence-electron chi connectivity index (χ0n) is 11.1. The molecule has 21 heavy (non-hydrogen) atoms. The van der Waals surface area contributed by atoms with Crippen LogP contribution in [0, 0.1) is 0 Å². The second-order valence-corrected chi connectivity index (χ2v) is 5.43. The maximum Gasteiger partial charge on any atom is 0.271 e. The number of hydrogen-bond donors (Lipinski definition) is 1. The summed E-state index contributed by atoms with van der Waals surface area (Å²) >= 11 is 5.91. The fourth-order valence-corrected chi connectivity index (χ4v) is 2.77. The Morgan fingerprint density at radius 2 is 2.00 bits per heavy atom. The SMILES string of the molecule is O=[C]c1c(C(=O)N2CCCC2)[nH]c2cc(Cl)ccc2c1=O. The Labute approximate surface area is 125 Å². The van der Waals surface area contributed by atoms with Crippen molar-refractivity contribution in [2.24, 2.45) is 0 Å². The van der Waals surface area contributed by atoms with Gasteiger partial charge in [-0.3, -0.25) is 14.4 Å². The second kappa shape index (κ2) is 5.33. The summed E-state index contributed by atoms with van der Waals surface area (Å²) in [5.74, 6) is -0.343. The van der Waals surface area contributed by atoms with Gasteiger partial charge in [-0.15, -0.1) is 0 Å². The van der Waals surface area contributed by atoms with Gasteiger partial charge in [0.25, 0.3) is 5.91 Å². The van der Waals surface area contributed by atoms with E-state index in [-0.39, 0.29) is 17.2 Å². The number of fused-ring (bicyclic) bond motifs is 1. The number of benzene rings is 1. The molecule has 1 amide bonds. The Bertz CT molecular complexity index is 791.